The van der Waals surface area contributed by atoms with Gasteiger partial charge in [0.15, 0.2) is 16.7 Å². The normalized spacial score (nSPS) is 11.2. The molecule has 0 aliphatic carbocycles. The molecular formula is C26H26N4O4S. The van der Waals surface area contributed by atoms with E-state index in [9.17, 15) is 9.90 Å². The van der Waals surface area contributed by atoms with Crippen LogP contribution in [0.4, 0.5) is 0 Å². The molecule has 4 rings (SSSR count). The lowest BCUT2D eigenvalue weighted by Gasteiger charge is -2.09. The summed E-state index contributed by atoms with van der Waals surface area (Å²) in [7, 11) is 2.89. The van der Waals surface area contributed by atoms with Gasteiger partial charge in [-0.25, -0.2) is 10.4 Å². The smallest absolute Gasteiger partial charge is 0.250 e. The lowest BCUT2D eigenvalue weighted by Crippen LogP contribution is -2.20. The average molecular weight is 491 g/mol. The summed E-state index contributed by atoms with van der Waals surface area (Å²) in [5.41, 5.74) is 7.40. The van der Waals surface area contributed by atoms with Crippen molar-refractivity contribution in [2.45, 2.75) is 18.6 Å². The van der Waals surface area contributed by atoms with Gasteiger partial charge in [-0.05, 0) is 36.8 Å². The Bertz CT molecular complexity index is 1340. The molecule has 0 bridgehead atoms. The summed E-state index contributed by atoms with van der Waals surface area (Å²) in [5, 5.41) is 14.8. The van der Waals surface area contributed by atoms with Crippen molar-refractivity contribution in [3.05, 3.63) is 77.4 Å². The lowest BCUT2D eigenvalue weighted by molar-refractivity contribution is -0.118. The molecule has 0 fully saturated rings. The number of carbonyl (C=O) groups is 1. The van der Waals surface area contributed by atoms with E-state index in [2.05, 4.69) is 46.3 Å². The molecule has 180 valence electrons. The molecule has 0 atom stereocenters. The first-order valence-electron chi connectivity index (χ1n) is 10.9. The van der Waals surface area contributed by atoms with Crippen molar-refractivity contribution in [2.24, 2.45) is 5.10 Å². The van der Waals surface area contributed by atoms with Crippen molar-refractivity contribution in [1.29, 1.82) is 0 Å². The molecule has 9 heteroatoms. The van der Waals surface area contributed by atoms with E-state index in [1.54, 1.807) is 12.1 Å². The second-order valence-corrected chi connectivity index (χ2v) is 8.75. The van der Waals surface area contributed by atoms with E-state index in [1.165, 1.54) is 37.8 Å². The number of imidazole rings is 1. The highest BCUT2D eigenvalue weighted by molar-refractivity contribution is 7.99. The van der Waals surface area contributed by atoms with E-state index >= 15 is 0 Å². The molecule has 0 unspecified atom stereocenters. The topological polar surface area (TPSA) is 98.0 Å². The number of aryl methyl sites for hydroxylation is 1. The van der Waals surface area contributed by atoms with Crippen LogP contribution >= 0.6 is 11.8 Å². The molecule has 0 saturated heterocycles. The van der Waals surface area contributed by atoms with Gasteiger partial charge in [0.2, 0.25) is 5.75 Å². The van der Waals surface area contributed by atoms with Gasteiger partial charge in [-0.2, -0.15) is 5.10 Å². The molecule has 35 heavy (non-hydrogen) atoms. The molecule has 0 saturated carbocycles. The van der Waals surface area contributed by atoms with Crippen molar-refractivity contribution in [3.63, 3.8) is 0 Å². The molecule has 2 N–H and O–H groups in total. The molecule has 1 amide bonds. The Morgan fingerprint density at radius 2 is 1.80 bits per heavy atom. The third-order valence-corrected chi connectivity index (χ3v) is 6.29. The summed E-state index contributed by atoms with van der Waals surface area (Å²) < 4.78 is 12.4. The molecule has 0 aliphatic rings. The predicted octanol–water partition coefficient (Wildman–Crippen LogP) is 4.36. The Labute approximate surface area is 207 Å². The van der Waals surface area contributed by atoms with Gasteiger partial charge in [0.1, 0.15) is 0 Å². The first kappa shape index (κ1) is 24.2. The number of aromatic hydroxyl groups is 1. The summed E-state index contributed by atoms with van der Waals surface area (Å²) in [6, 6.07) is 19.5. The number of nitrogens with one attached hydrogen (secondary N) is 1. The number of amides is 1. The van der Waals surface area contributed by atoms with Gasteiger partial charge in [0.05, 0.1) is 43.8 Å². The van der Waals surface area contributed by atoms with Gasteiger partial charge < -0.3 is 19.1 Å². The number of thioether (sulfide) groups is 1. The van der Waals surface area contributed by atoms with E-state index < -0.39 is 0 Å². The number of aromatic nitrogens is 2. The number of fused-ring (bicyclic) bond motifs is 1. The first-order chi connectivity index (χ1) is 17.0. The number of rotatable bonds is 9. The van der Waals surface area contributed by atoms with Crippen LogP contribution in [0.15, 0.2) is 70.9 Å². The summed E-state index contributed by atoms with van der Waals surface area (Å²) in [6.07, 6.45) is 1.46. The third kappa shape index (κ3) is 5.75. The number of methoxy groups -OCH3 is 2. The van der Waals surface area contributed by atoms with Gasteiger partial charge in [0, 0.05) is 5.56 Å². The summed E-state index contributed by atoms with van der Waals surface area (Å²) in [4.78, 5) is 17.2. The van der Waals surface area contributed by atoms with Crippen LogP contribution in [0, 0.1) is 6.92 Å². The van der Waals surface area contributed by atoms with Gasteiger partial charge in [0.25, 0.3) is 5.91 Å². The summed E-state index contributed by atoms with van der Waals surface area (Å²) >= 11 is 1.36. The van der Waals surface area contributed by atoms with Gasteiger partial charge in [-0.3, -0.25) is 4.79 Å². The third-order valence-electron chi connectivity index (χ3n) is 5.32. The largest absolute Gasteiger partial charge is 0.502 e. The zero-order chi connectivity index (χ0) is 24.8. The van der Waals surface area contributed by atoms with E-state index in [0.29, 0.717) is 12.1 Å². The standard InChI is InChI=1S/C26H26N4O4S/c1-17-8-10-18(11-9-17)15-30-21-7-5-4-6-20(21)28-26(30)35-16-24(31)29-27-14-19-12-22(33-2)25(32)23(13-19)34-3/h4-14,32H,15-16H2,1-3H3,(H,29,31)/b27-14-. The fraction of sp³-hybridized carbons (Fsp3) is 0.192. The van der Waals surface area contributed by atoms with Crippen LogP contribution in [0.1, 0.15) is 16.7 Å². The molecule has 1 heterocycles. The number of hydrogen-bond acceptors (Lipinski definition) is 7. The van der Waals surface area contributed by atoms with E-state index in [-0.39, 0.29) is 28.9 Å². The molecule has 0 aliphatic heterocycles. The Morgan fingerprint density at radius 1 is 1.11 bits per heavy atom. The SMILES string of the molecule is COc1cc(/C=N\NC(=O)CSc2nc3ccccc3n2Cc2ccc(C)cc2)cc(OC)c1O. The zero-order valence-corrected chi connectivity index (χ0v) is 20.5. The van der Waals surface area contributed by atoms with Crippen molar-refractivity contribution in [1.82, 2.24) is 15.0 Å². The van der Waals surface area contributed by atoms with Crippen LogP contribution in [-0.2, 0) is 11.3 Å². The fourth-order valence-corrected chi connectivity index (χ4v) is 4.33. The maximum atomic E-state index is 12.5. The van der Waals surface area contributed by atoms with Gasteiger partial charge >= 0.3 is 0 Å². The van der Waals surface area contributed by atoms with Gasteiger partial charge in [-0.1, -0.05) is 53.7 Å². The van der Waals surface area contributed by atoms with E-state index in [1.807, 2.05) is 24.3 Å². The number of carbonyl (C=O) groups excluding carboxylic acids is 1. The number of phenols is 1. The van der Waals surface area contributed by atoms with Crippen LogP contribution in [-0.4, -0.2) is 46.8 Å². The molecule has 4 aromatic rings. The quantitative estimate of drug-likeness (QED) is 0.206. The van der Waals surface area contributed by atoms with Crippen LogP contribution < -0.4 is 14.9 Å². The van der Waals surface area contributed by atoms with Crippen LogP contribution in [0.2, 0.25) is 0 Å². The molecule has 3 aromatic carbocycles. The second-order valence-electron chi connectivity index (χ2n) is 7.81. The number of ether oxygens (including phenoxy) is 2. The molecule has 0 radical (unpaired) electrons. The van der Waals surface area contributed by atoms with Crippen molar-refractivity contribution in [2.75, 3.05) is 20.0 Å². The predicted molar refractivity (Wildman–Crippen MR) is 138 cm³/mol. The Balaban J connectivity index is 1.44. The molecule has 1 aromatic heterocycles. The monoisotopic (exact) mass is 490 g/mol. The summed E-state index contributed by atoms with van der Waals surface area (Å²) in [5.74, 6) is 0.288. The number of phenolic OH excluding ortho intramolecular Hbond substituents is 1. The summed E-state index contributed by atoms with van der Waals surface area (Å²) in [6.45, 7) is 2.72. The second kappa shape index (κ2) is 11.0. The minimum Gasteiger partial charge on any atom is -0.502 e. The van der Waals surface area contributed by atoms with E-state index in [4.69, 9.17) is 14.5 Å². The van der Waals surface area contributed by atoms with Crippen LogP contribution in [0.5, 0.6) is 17.2 Å². The van der Waals surface area contributed by atoms with Crippen LogP contribution in [0.3, 0.4) is 0 Å². The van der Waals surface area contributed by atoms with Gasteiger partial charge in [-0.15, -0.1) is 0 Å². The molecule has 8 nitrogen and oxygen atoms in total. The minimum atomic E-state index is -0.266. The van der Waals surface area contributed by atoms with Crippen LogP contribution in [0.25, 0.3) is 11.0 Å². The molecular weight excluding hydrogens is 464 g/mol. The Morgan fingerprint density at radius 3 is 2.49 bits per heavy atom. The highest BCUT2D eigenvalue weighted by Crippen LogP contribution is 2.36. The fourth-order valence-electron chi connectivity index (χ4n) is 3.52. The first-order valence-corrected chi connectivity index (χ1v) is 11.9. The highest BCUT2D eigenvalue weighted by atomic mass is 32.2. The Kier molecular flexibility index (Phi) is 7.57. The number of hydrogen-bond donors (Lipinski definition) is 2. The number of benzene rings is 3. The lowest BCUT2D eigenvalue weighted by atomic mass is 10.1. The van der Waals surface area contributed by atoms with Crippen molar-refractivity contribution < 1.29 is 19.4 Å². The van der Waals surface area contributed by atoms with Crippen molar-refractivity contribution in [3.8, 4) is 17.2 Å². The number of para-hydroxylation sites is 2. The zero-order valence-electron chi connectivity index (χ0n) is 19.7. The maximum absolute atomic E-state index is 12.5. The Hall–Kier alpha value is -3.98. The van der Waals surface area contributed by atoms with E-state index in [0.717, 1.165) is 21.8 Å². The minimum absolute atomic E-state index is 0.0962. The number of nitrogens with zero attached hydrogens (tertiary/aromatic N) is 3. The number of hydrazone groups is 1. The maximum Gasteiger partial charge on any atom is 0.250 e. The highest BCUT2D eigenvalue weighted by Gasteiger charge is 2.14. The molecule has 0 spiro atoms. The van der Waals surface area contributed by atoms with Crippen molar-refractivity contribution >= 4 is 34.9 Å². The average Bonchev–Trinajstić information content (AvgIpc) is 3.22.